The average Bonchev–Trinajstić information content (AvgIpc) is 3.24. The van der Waals surface area contributed by atoms with Crippen LogP contribution >= 0.6 is 0 Å². The highest BCUT2D eigenvalue weighted by Crippen LogP contribution is 2.31. The fourth-order valence-electron chi connectivity index (χ4n) is 4.02. The van der Waals surface area contributed by atoms with Gasteiger partial charge in [-0.05, 0) is 25.0 Å². The van der Waals surface area contributed by atoms with Crippen molar-refractivity contribution in [3.63, 3.8) is 0 Å². The van der Waals surface area contributed by atoms with Crippen LogP contribution in [-0.4, -0.2) is 60.2 Å². The monoisotopic (exact) mass is 415 g/mol. The first kappa shape index (κ1) is 19.8. The van der Waals surface area contributed by atoms with E-state index >= 15 is 0 Å². The van der Waals surface area contributed by atoms with Crippen molar-refractivity contribution in [1.82, 2.24) is 19.2 Å². The van der Waals surface area contributed by atoms with Crippen LogP contribution in [-0.2, 0) is 27.8 Å². The van der Waals surface area contributed by atoms with E-state index in [-0.39, 0.29) is 18.4 Å². The van der Waals surface area contributed by atoms with Crippen molar-refractivity contribution in [1.29, 1.82) is 0 Å². The maximum Gasteiger partial charge on any atom is 0.243 e. The van der Waals surface area contributed by atoms with Crippen molar-refractivity contribution >= 4 is 21.7 Å². The zero-order chi connectivity index (χ0) is 20.6. The molecule has 2 aromatic rings. The van der Waals surface area contributed by atoms with Gasteiger partial charge in [-0.3, -0.25) is 4.79 Å². The van der Waals surface area contributed by atoms with Gasteiger partial charge in [-0.25, -0.2) is 18.4 Å². The number of fused-ring (bicyclic) bond motifs is 1. The standard InChI is InChI=1S/C20H25N5O3S/c1-14(26)24-10-8-15(12-24)19-22-18-13-25(11-9-17(18)20(21-2)23-19)29(27,28)16-6-4-3-5-7-16/h3-7,15H,8-13H2,1-2H3,(H,21,22,23). The number of nitrogens with one attached hydrogen (secondary N) is 1. The van der Waals surface area contributed by atoms with Crippen molar-refractivity contribution in [2.45, 2.75) is 37.1 Å². The normalized spacial score (nSPS) is 19.8. The third-order valence-corrected chi connectivity index (χ3v) is 7.52. The van der Waals surface area contributed by atoms with Gasteiger partial charge in [0.15, 0.2) is 0 Å². The van der Waals surface area contributed by atoms with Gasteiger partial charge in [-0.1, -0.05) is 18.2 Å². The molecule has 9 heteroatoms. The van der Waals surface area contributed by atoms with Gasteiger partial charge in [-0.15, -0.1) is 0 Å². The molecule has 1 N–H and O–H groups in total. The summed E-state index contributed by atoms with van der Waals surface area (Å²) in [6.45, 7) is 3.48. The number of sulfonamides is 1. The van der Waals surface area contributed by atoms with Crippen LogP contribution < -0.4 is 5.32 Å². The Labute approximate surface area is 171 Å². The molecule has 0 radical (unpaired) electrons. The third kappa shape index (κ3) is 3.72. The lowest BCUT2D eigenvalue weighted by molar-refractivity contribution is -0.127. The molecule has 8 nitrogen and oxygen atoms in total. The molecule has 1 aromatic heterocycles. The predicted molar refractivity (Wildman–Crippen MR) is 109 cm³/mol. The van der Waals surface area contributed by atoms with E-state index in [2.05, 4.69) is 5.32 Å². The molecule has 0 aliphatic carbocycles. The largest absolute Gasteiger partial charge is 0.373 e. The lowest BCUT2D eigenvalue weighted by Crippen LogP contribution is -2.37. The lowest BCUT2D eigenvalue weighted by Gasteiger charge is -2.29. The molecule has 2 aliphatic heterocycles. The number of benzene rings is 1. The summed E-state index contributed by atoms with van der Waals surface area (Å²) in [5, 5.41) is 3.14. The predicted octanol–water partition coefficient (Wildman–Crippen LogP) is 1.60. The summed E-state index contributed by atoms with van der Waals surface area (Å²) in [6.07, 6.45) is 1.37. The Kier molecular flexibility index (Phi) is 5.26. The fourth-order valence-corrected chi connectivity index (χ4v) is 5.44. The molecule has 1 saturated heterocycles. The number of likely N-dealkylation sites (tertiary alicyclic amines) is 1. The van der Waals surface area contributed by atoms with Crippen molar-refractivity contribution in [3.8, 4) is 0 Å². The van der Waals surface area contributed by atoms with Gasteiger partial charge in [0.05, 0.1) is 17.1 Å². The second-order valence-electron chi connectivity index (χ2n) is 7.46. The molecule has 1 aromatic carbocycles. The number of hydrogen-bond donors (Lipinski definition) is 1. The minimum atomic E-state index is -3.58. The van der Waals surface area contributed by atoms with E-state index in [0.29, 0.717) is 36.8 Å². The molecule has 154 valence electrons. The molecule has 1 fully saturated rings. The minimum Gasteiger partial charge on any atom is -0.373 e. The van der Waals surface area contributed by atoms with Crippen LogP contribution in [0.3, 0.4) is 0 Å². The first-order valence-electron chi connectivity index (χ1n) is 9.78. The molecule has 0 spiro atoms. The average molecular weight is 416 g/mol. The SMILES string of the molecule is CNc1nc(C2CCN(C(C)=O)C2)nc2c1CCN(S(=O)(=O)c1ccccc1)C2. The number of anilines is 1. The number of aromatic nitrogens is 2. The van der Waals surface area contributed by atoms with Crippen molar-refractivity contribution in [3.05, 3.63) is 47.4 Å². The molecule has 29 heavy (non-hydrogen) atoms. The third-order valence-electron chi connectivity index (χ3n) is 5.66. The van der Waals surface area contributed by atoms with Crippen LogP contribution in [0, 0.1) is 0 Å². The number of amides is 1. The van der Waals surface area contributed by atoms with Gasteiger partial charge in [0.25, 0.3) is 0 Å². The molecule has 0 bridgehead atoms. The van der Waals surface area contributed by atoms with E-state index in [1.54, 1.807) is 42.2 Å². The highest BCUT2D eigenvalue weighted by atomic mass is 32.2. The molecule has 2 aliphatic rings. The topological polar surface area (TPSA) is 95.5 Å². The summed E-state index contributed by atoms with van der Waals surface area (Å²) >= 11 is 0. The molecule has 1 amide bonds. The summed E-state index contributed by atoms with van der Waals surface area (Å²) in [4.78, 5) is 23.2. The first-order chi connectivity index (χ1) is 13.9. The van der Waals surface area contributed by atoms with Gasteiger partial charge < -0.3 is 10.2 Å². The highest BCUT2D eigenvalue weighted by Gasteiger charge is 2.33. The maximum absolute atomic E-state index is 13.0. The van der Waals surface area contributed by atoms with E-state index in [4.69, 9.17) is 9.97 Å². The Hall–Kier alpha value is -2.52. The summed E-state index contributed by atoms with van der Waals surface area (Å²) in [5.74, 6) is 1.55. The quantitative estimate of drug-likeness (QED) is 0.815. The number of carbonyl (C=O) groups is 1. The van der Waals surface area contributed by atoms with E-state index in [0.717, 1.165) is 23.5 Å². The van der Waals surface area contributed by atoms with Gasteiger partial charge in [0, 0.05) is 45.1 Å². The highest BCUT2D eigenvalue weighted by molar-refractivity contribution is 7.89. The Balaban J connectivity index is 1.64. The van der Waals surface area contributed by atoms with Gasteiger partial charge in [0.2, 0.25) is 15.9 Å². The van der Waals surface area contributed by atoms with Crippen LogP contribution in [0.4, 0.5) is 5.82 Å². The summed E-state index contributed by atoms with van der Waals surface area (Å²) in [6, 6.07) is 8.49. The number of hydrogen-bond acceptors (Lipinski definition) is 6. The summed E-state index contributed by atoms with van der Waals surface area (Å²) < 4.78 is 27.6. The minimum absolute atomic E-state index is 0.0550. The van der Waals surface area contributed by atoms with Gasteiger partial charge in [-0.2, -0.15) is 4.31 Å². The molecule has 4 rings (SSSR count). The van der Waals surface area contributed by atoms with E-state index < -0.39 is 10.0 Å². The molecule has 0 saturated carbocycles. The zero-order valence-electron chi connectivity index (χ0n) is 16.6. The van der Waals surface area contributed by atoms with Crippen molar-refractivity contribution in [2.24, 2.45) is 0 Å². The summed E-state index contributed by atoms with van der Waals surface area (Å²) in [5.41, 5.74) is 1.71. The summed E-state index contributed by atoms with van der Waals surface area (Å²) in [7, 11) is -1.76. The maximum atomic E-state index is 13.0. The van der Waals surface area contributed by atoms with Crippen LogP contribution in [0.25, 0.3) is 0 Å². The van der Waals surface area contributed by atoms with Crippen molar-refractivity contribution < 1.29 is 13.2 Å². The second kappa shape index (κ2) is 7.72. The molecule has 3 heterocycles. The van der Waals surface area contributed by atoms with Gasteiger partial charge >= 0.3 is 0 Å². The van der Waals surface area contributed by atoms with E-state index in [1.165, 1.54) is 4.31 Å². The Morgan fingerprint density at radius 2 is 1.93 bits per heavy atom. The van der Waals surface area contributed by atoms with E-state index in [9.17, 15) is 13.2 Å². The molecule has 1 atom stereocenters. The molecule has 1 unspecified atom stereocenters. The second-order valence-corrected chi connectivity index (χ2v) is 9.40. The fraction of sp³-hybridized carbons (Fsp3) is 0.450. The Morgan fingerprint density at radius 1 is 1.17 bits per heavy atom. The van der Waals surface area contributed by atoms with Crippen LogP contribution in [0.2, 0.25) is 0 Å². The molecular formula is C20H25N5O3S. The smallest absolute Gasteiger partial charge is 0.243 e. The van der Waals surface area contributed by atoms with Gasteiger partial charge in [0.1, 0.15) is 11.6 Å². The zero-order valence-corrected chi connectivity index (χ0v) is 17.4. The van der Waals surface area contributed by atoms with Crippen molar-refractivity contribution in [2.75, 3.05) is 32.0 Å². The van der Waals surface area contributed by atoms with Crippen LogP contribution in [0.15, 0.2) is 35.2 Å². The lowest BCUT2D eigenvalue weighted by atomic mass is 10.0. The Morgan fingerprint density at radius 3 is 2.59 bits per heavy atom. The van der Waals surface area contributed by atoms with Crippen LogP contribution in [0.1, 0.15) is 36.3 Å². The first-order valence-corrected chi connectivity index (χ1v) is 11.2. The number of rotatable bonds is 4. The van der Waals surface area contributed by atoms with E-state index in [1.807, 2.05) is 7.05 Å². The Bertz CT molecular complexity index is 1030. The number of nitrogens with zero attached hydrogens (tertiary/aromatic N) is 4. The molecular weight excluding hydrogens is 390 g/mol. The van der Waals surface area contributed by atoms with Crippen LogP contribution in [0.5, 0.6) is 0 Å². The number of carbonyl (C=O) groups excluding carboxylic acids is 1.